The molecule has 0 aliphatic carbocycles. The van der Waals surface area contributed by atoms with Gasteiger partial charge in [-0.25, -0.2) is 9.47 Å². The number of aryl methyl sites for hydroxylation is 1. The molecule has 0 spiro atoms. The Morgan fingerprint density at radius 3 is 2.32 bits per heavy atom. The summed E-state index contributed by atoms with van der Waals surface area (Å²) in [4.78, 5) is 24.9. The van der Waals surface area contributed by atoms with Crippen molar-refractivity contribution in [3.8, 4) is 0 Å². The van der Waals surface area contributed by atoms with E-state index in [1.807, 2.05) is 0 Å². The van der Waals surface area contributed by atoms with Crippen LogP contribution in [0.5, 0.6) is 0 Å². The zero-order valence-corrected chi connectivity index (χ0v) is 11.9. The highest BCUT2D eigenvalue weighted by molar-refractivity contribution is 6.44. The van der Waals surface area contributed by atoms with Gasteiger partial charge in [-0.3, -0.25) is 15.2 Å². The first-order valence-electron chi connectivity index (χ1n) is 5.13. The van der Waals surface area contributed by atoms with Crippen molar-refractivity contribution in [3.63, 3.8) is 0 Å². The van der Waals surface area contributed by atoms with Gasteiger partial charge in [-0.1, -0.05) is 34.8 Å². The fourth-order valence-electron chi connectivity index (χ4n) is 1.48. The average molecular weight is 321 g/mol. The Bertz CT molecular complexity index is 752. The molecule has 0 saturated carbocycles. The highest BCUT2D eigenvalue weighted by Gasteiger charge is 2.08. The minimum atomic E-state index is -0.605. The fourth-order valence-corrected chi connectivity index (χ4v) is 2.07. The summed E-state index contributed by atoms with van der Waals surface area (Å²) in [5, 5.41) is 0.901. The van der Waals surface area contributed by atoms with Crippen molar-refractivity contribution < 1.29 is 0 Å². The van der Waals surface area contributed by atoms with Crippen LogP contribution in [-0.2, 0) is 0 Å². The normalized spacial score (nSPS) is 10.5. The van der Waals surface area contributed by atoms with Crippen LogP contribution in [-0.4, -0.2) is 9.66 Å². The summed E-state index contributed by atoms with van der Waals surface area (Å²) >= 11 is 17.7. The van der Waals surface area contributed by atoms with E-state index in [4.69, 9.17) is 34.8 Å². The molecule has 2 rings (SSSR count). The molecule has 2 N–H and O–H groups in total. The van der Waals surface area contributed by atoms with Gasteiger partial charge in [-0.05, 0) is 19.1 Å². The van der Waals surface area contributed by atoms with E-state index in [1.54, 1.807) is 6.92 Å². The standard InChI is InChI=1S/C11H8Cl3N3O2/c1-5-2-10(18)15-11(19)17(5)16-9-4-7(13)6(12)3-8(9)14/h2-4,16H,1H3,(H,15,18,19). The smallest absolute Gasteiger partial charge is 0.289 e. The van der Waals surface area contributed by atoms with Gasteiger partial charge in [0.15, 0.2) is 0 Å². The van der Waals surface area contributed by atoms with Crippen LogP contribution in [0.1, 0.15) is 5.69 Å². The molecule has 0 saturated heterocycles. The Morgan fingerprint density at radius 1 is 1.05 bits per heavy atom. The number of nitrogens with one attached hydrogen (secondary N) is 2. The van der Waals surface area contributed by atoms with Crippen molar-refractivity contribution in [2.24, 2.45) is 0 Å². The van der Waals surface area contributed by atoms with Crippen LogP contribution in [0.3, 0.4) is 0 Å². The highest BCUT2D eigenvalue weighted by Crippen LogP contribution is 2.32. The molecular formula is C11H8Cl3N3O2. The molecule has 0 aliphatic rings. The Morgan fingerprint density at radius 2 is 1.68 bits per heavy atom. The van der Waals surface area contributed by atoms with Crippen molar-refractivity contribution in [2.75, 3.05) is 5.43 Å². The van der Waals surface area contributed by atoms with Crippen LogP contribution in [0.4, 0.5) is 5.69 Å². The van der Waals surface area contributed by atoms with Gasteiger partial charge in [0.2, 0.25) is 0 Å². The zero-order valence-electron chi connectivity index (χ0n) is 9.63. The van der Waals surface area contributed by atoms with Gasteiger partial charge in [0.25, 0.3) is 5.56 Å². The molecule has 2 aromatic rings. The van der Waals surface area contributed by atoms with Crippen LogP contribution in [0.15, 0.2) is 27.8 Å². The number of benzene rings is 1. The van der Waals surface area contributed by atoms with E-state index in [-0.39, 0.29) is 0 Å². The summed E-state index contributed by atoms with van der Waals surface area (Å²) in [6.07, 6.45) is 0. The SMILES string of the molecule is Cc1cc(=O)[nH]c(=O)n1Nc1cc(Cl)c(Cl)cc1Cl. The summed E-state index contributed by atoms with van der Waals surface area (Å²) in [5.41, 5.74) is 2.51. The van der Waals surface area contributed by atoms with Gasteiger partial charge in [-0.2, -0.15) is 0 Å². The zero-order chi connectivity index (χ0) is 14.2. The lowest BCUT2D eigenvalue weighted by molar-refractivity contribution is 0.795. The molecule has 0 atom stereocenters. The second-order valence-corrected chi connectivity index (χ2v) is 5.00. The maximum Gasteiger partial charge on any atom is 0.347 e. The topological polar surface area (TPSA) is 66.9 Å². The maximum atomic E-state index is 11.7. The summed E-state index contributed by atoms with van der Waals surface area (Å²) < 4.78 is 1.15. The summed E-state index contributed by atoms with van der Waals surface area (Å²) in [6.45, 7) is 1.61. The van der Waals surface area contributed by atoms with E-state index in [0.717, 1.165) is 4.68 Å². The number of rotatable bonds is 2. The molecule has 19 heavy (non-hydrogen) atoms. The monoisotopic (exact) mass is 319 g/mol. The average Bonchev–Trinajstić information content (AvgIpc) is 2.29. The number of nitrogens with zero attached hydrogens (tertiary/aromatic N) is 1. The van der Waals surface area contributed by atoms with Gasteiger partial charge in [-0.15, -0.1) is 0 Å². The molecule has 0 bridgehead atoms. The minimum absolute atomic E-state index is 0.295. The molecule has 1 aromatic carbocycles. The number of anilines is 1. The third-order valence-electron chi connectivity index (χ3n) is 2.37. The number of aromatic amines is 1. The summed E-state index contributed by atoms with van der Waals surface area (Å²) in [7, 11) is 0. The highest BCUT2D eigenvalue weighted by atomic mass is 35.5. The number of hydrogen-bond acceptors (Lipinski definition) is 3. The number of hydrogen-bond donors (Lipinski definition) is 2. The van der Waals surface area contributed by atoms with Crippen LogP contribution >= 0.6 is 34.8 Å². The molecule has 8 heteroatoms. The van der Waals surface area contributed by atoms with Crippen LogP contribution in [0, 0.1) is 6.92 Å². The molecule has 0 radical (unpaired) electrons. The van der Waals surface area contributed by atoms with Crippen molar-refractivity contribution in [1.29, 1.82) is 0 Å². The molecule has 1 aromatic heterocycles. The Labute approximate surface area is 122 Å². The van der Waals surface area contributed by atoms with Crippen molar-refractivity contribution in [1.82, 2.24) is 9.66 Å². The Kier molecular flexibility index (Phi) is 3.89. The van der Waals surface area contributed by atoms with E-state index in [1.165, 1.54) is 18.2 Å². The summed E-state index contributed by atoms with van der Waals surface area (Å²) in [5.74, 6) is 0. The fraction of sp³-hybridized carbons (Fsp3) is 0.0909. The molecule has 1 heterocycles. The maximum absolute atomic E-state index is 11.7. The number of halogens is 3. The third kappa shape index (κ3) is 2.94. The van der Waals surface area contributed by atoms with Crippen LogP contribution in [0.25, 0.3) is 0 Å². The first kappa shape index (κ1) is 14.0. The summed E-state index contributed by atoms with van der Waals surface area (Å²) in [6, 6.07) is 4.23. The molecule has 0 amide bonds. The van der Waals surface area contributed by atoms with E-state index >= 15 is 0 Å². The third-order valence-corrected chi connectivity index (χ3v) is 3.40. The van der Waals surface area contributed by atoms with Gasteiger partial charge < -0.3 is 0 Å². The van der Waals surface area contributed by atoms with Gasteiger partial charge in [0, 0.05) is 11.8 Å². The van der Waals surface area contributed by atoms with Crippen molar-refractivity contribution in [3.05, 3.63) is 59.8 Å². The van der Waals surface area contributed by atoms with Gasteiger partial charge >= 0.3 is 5.69 Å². The Hall–Kier alpha value is -1.43. The second-order valence-electron chi connectivity index (χ2n) is 3.77. The molecule has 0 fully saturated rings. The van der Waals surface area contributed by atoms with E-state index in [0.29, 0.717) is 26.4 Å². The largest absolute Gasteiger partial charge is 0.347 e. The molecule has 100 valence electrons. The first-order chi connectivity index (χ1) is 8.88. The lowest BCUT2D eigenvalue weighted by atomic mass is 10.3. The van der Waals surface area contributed by atoms with E-state index in [9.17, 15) is 9.59 Å². The van der Waals surface area contributed by atoms with Crippen molar-refractivity contribution >= 4 is 40.5 Å². The minimum Gasteiger partial charge on any atom is -0.289 e. The molecular weight excluding hydrogens is 312 g/mol. The first-order valence-corrected chi connectivity index (χ1v) is 6.26. The van der Waals surface area contributed by atoms with Crippen LogP contribution in [0.2, 0.25) is 15.1 Å². The number of H-pyrrole nitrogens is 1. The van der Waals surface area contributed by atoms with Gasteiger partial charge in [0.05, 0.1) is 20.8 Å². The molecule has 0 aliphatic heterocycles. The molecule has 0 unspecified atom stereocenters. The van der Waals surface area contributed by atoms with E-state index in [2.05, 4.69) is 10.4 Å². The second kappa shape index (κ2) is 5.28. The van der Waals surface area contributed by atoms with Crippen LogP contribution < -0.4 is 16.7 Å². The van der Waals surface area contributed by atoms with Gasteiger partial charge in [0.1, 0.15) is 0 Å². The lowest BCUT2D eigenvalue weighted by Crippen LogP contribution is -2.35. The Balaban J connectivity index is 2.51. The lowest BCUT2D eigenvalue weighted by Gasteiger charge is -2.13. The quantitative estimate of drug-likeness (QED) is 0.836. The number of aromatic nitrogens is 2. The predicted molar refractivity (Wildman–Crippen MR) is 76.6 cm³/mol. The van der Waals surface area contributed by atoms with E-state index < -0.39 is 11.2 Å². The van der Waals surface area contributed by atoms with Crippen molar-refractivity contribution in [2.45, 2.75) is 6.92 Å². The predicted octanol–water partition coefficient (Wildman–Crippen LogP) is 2.68. The molecule has 5 nitrogen and oxygen atoms in total.